The molecule has 2 rings (SSSR count). The minimum absolute atomic E-state index is 0. The lowest BCUT2D eigenvalue weighted by Gasteiger charge is -2.14. The Morgan fingerprint density at radius 1 is 1.60 bits per heavy atom. The molecule has 1 saturated heterocycles. The van der Waals surface area contributed by atoms with E-state index in [9.17, 15) is 0 Å². The Morgan fingerprint density at radius 2 is 2.40 bits per heavy atom. The molecule has 15 heavy (non-hydrogen) atoms. The maximum absolute atomic E-state index is 5.85. The molecule has 1 atom stereocenters. The summed E-state index contributed by atoms with van der Waals surface area (Å²) in [5.74, 6) is 0. The first-order valence-corrected chi connectivity index (χ1v) is 5.62. The predicted octanol–water partition coefficient (Wildman–Crippen LogP) is 1.80. The number of hydrogen-bond donors (Lipinski definition) is 1. The lowest BCUT2D eigenvalue weighted by atomic mass is 10.2. The number of hydrogen-bond acceptors (Lipinski definition) is 3. The molecule has 1 aliphatic rings. The SMILES string of the molecule is Cl.N[C@H]1CCN(Cc2ccnc(Br)c2)C1. The molecule has 0 bridgehead atoms. The van der Waals surface area contributed by atoms with E-state index in [-0.39, 0.29) is 12.4 Å². The van der Waals surface area contributed by atoms with Crippen LogP contribution in [0.1, 0.15) is 12.0 Å². The zero-order chi connectivity index (χ0) is 9.97. The monoisotopic (exact) mass is 291 g/mol. The maximum atomic E-state index is 5.85. The summed E-state index contributed by atoms with van der Waals surface area (Å²) in [7, 11) is 0. The normalized spacial score (nSPS) is 21.3. The second-order valence-electron chi connectivity index (χ2n) is 3.77. The van der Waals surface area contributed by atoms with E-state index < -0.39 is 0 Å². The van der Waals surface area contributed by atoms with Gasteiger partial charge in [-0.1, -0.05) is 0 Å². The van der Waals surface area contributed by atoms with Crippen molar-refractivity contribution in [3.63, 3.8) is 0 Å². The number of halogens is 2. The average Bonchev–Trinajstić information content (AvgIpc) is 2.51. The number of likely N-dealkylation sites (tertiary alicyclic amines) is 1. The first-order valence-electron chi connectivity index (χ1n) is 4.82. The Hall–Kier alpha value is -0.160. The van der Waals surface area contributed by atoms with Gasteiger partial charge in [0.1, 0.15) is 4.60 Å². The molecule has 2 heterocycles. The van der Waals surface area contributed by atoms with Crippen LogP contribution >= 0.6 is 28.3 Å². The van der Waals surface area contributed by atoms with Crippen molar-refractivity contribution >= 4 is 28.3 Å². The highest BCUT2D eigenvalue weighted by molar-refractivity contribution is 9.10. The van der Waals surface area contributed by atoms with Gasteiger partial charge in [0.2, 0.25) is 0 Å². The van der Waals surface area contributed by atoms with Gasteiger partial charge in [-0.2, -0.15) is 0 Å². The lowest BCUT2D eigenvalue weighted by Crippen LogP contribution is -2.26. The number of pyridine rings is 1. The standard InChI is InChI=1S/C10H14BrN3.ClH/c11-10-5-8(1-3-13-10)6-14-4-2-9(12)7-14;/h1,3,5,9H,2,4,6-7,12H2;1H/t9-;/m0./s1. The second kappa shape index (κ2) is 5.80. The van der Waals surface area contributed by atoms with E-state index in [1.54, 1.807) is 0 Å². The van der Waals surface area contributed by atoms with Gasteiger partial charge in [0, 0.05) is 31.9 Å². The van der Waals surface area contributed by atoms with E-state index in [0.717, 1.165) is 30.7 Å². The highest BCUT2D eigenvalue weighted by atomic mass is 79.9. The fraction of sp³-hybridized carbons (Fsp3) is 0.500. The van der Waals surface area contributed by atoms with Gasteiger partial charge in [-0.3, -0.25) is 4.90 Å². The third-order valence-corrected chi connectivity index (χ3v) is 2.94. The molecule has 0 radical (unpaired) electrons. The van der Waals surface area contributed by atoms with Crippen LogP contribution in [-0.2, 0) is 6.54 Å². The van der Waals surface area contributed by atoms with Gasteiger partial charge in [0.15, 0.2) is 0 Å². The fourth-order valence-corrected chi connectivity index (χ4v) is 2.22. The number of nitrogens with zero attached hydrogens (tertiary/aromatic N) is 2. The highest BCUT2D eigenvalue weighted by Crippen LogP contribution is 2.14. The van der Waals surface area contributed by atoms with Crippen LogP contribution in [0.2, 0.25) is 0 Å². The lowest BCUT2D eigenvalue weighted by molar-refractivity contribution is 0.327. The molecule has 0 amide bonds. The first kappa shape index (κ1) is 12.9. The quantitative estimate of drug-likeness (QED) is 0.845. The molecule has 0 unspecified atom stereocenters. The van der Waals surface area contributed by atoms with Crippen LogP contribution in [0.15, 0.2) is 22.9 Å². The van der Waals surface area contributed by atoms with E-state index in [1.807, 2.05) is 6.20 Å². The number of rotatable bonds is 2. The molecule has 1 fully saturated rings. The maximum Gasteiger partial charge on any atom is 0.106 e. The largest absolute Gasteiger partial charge is 0.326 e. The van der Waals surface area contributed by atoms with Gasteiger partial charge in [0.05, 0.1) is 0 Å². The van der Waals surface area contributed by atoms with Crippen LogP contribution in [-0.4, -0.2) is 29.0 Å². The van der Waals surface area contributed by atoms with Gasteiger partial charge in [-0.25, -0.2) is 4.98 Å². The molecular weight excluding hydrogens is 277 g/mol. The van der Waals surface area contributed by atoms with Crippen molar-refractivity contribution < 1.29 is 0 Å². The Bertz CT molecular complexity index is 321. The van der Waals surface area contributed by atoms with Gasteiger partial charge in [-0.15, -0.1) is 12.4 Å². The molecule has 1 aliphatic heterocycles. The molecule has 5 heteroatoms. The summed E-state index contributed by atoms with van der Waals surface area (Å²) >= 11 is 3.37. The molecule has 1 aromatic rings. The third kappa shape index (κ3) is 3.72. The summed E-state index contributed by atoms with van der Waals surface area (Å²) in [4.78, 5) is 6.48. The van der Waals surface area contributed by atoms with Crippen molar-refractivity contribution in [1.82, 2.24) is 9.88 Å². The first-order chi connectivity index (χ1) is 6.74. The smallest absolute Gasteiger partial charge is 0.106 e. The molecule has 3 nitrogen and oxygen atoms in total. The van der Waals surface area contributed by atoms with Crippen LogP contribution < -0.4 is 5.73 Å². The van der Waals surface area contributed by atoms with Crippen molar-refractivity contribution in [2.45, 2.75) is 19.0 Å². The molecule has 0 spiro atoms. The molecule has 1 aromatic heterocycles. The summed E-state index contributed by atoms with van der Waals surface area (Å²) in [5.41, 5.74) is 7.14. The predicted molar refractivity (Wildman–Crippen MR) is 67.1 cm³/mol. The van der Waals surface area contributed by atoms with Crippen LogP contribution in [0.25, 0.3) is 0 Å². The van der Waals surface area contributed by atoms with Crippen molar-refractivity contribution in [2.75, 3.05) is 13.1 Å². The zero-order valence-electron chi connectivity index (χ0n) is 8.40. The topological polar surface area (TPSA) is 42.1 Å². The van der Waals surface area contributed by atoms with Gasteiger partial charge >= 0.3 is 0 Å². The van der Waals surface area contributed by atoms with E-state index in [1.165, 1.54) is 5.56 Å². The molecule has 2 N–H and O–H groups in total. The summed E-state index contributed by atoms with van der Waals surface area (Å²) in [6.07, 6.45) is 2.95. The summed E-state index contributed by atoms with van der Waals surface area (Å²) in [6, 6.07) is 4.47. The Kier molecular flexibility index (Phi) is 4.99. The van der Waals surface area contributed by atoms with Crippen LogP contribution in [0.4, 0.5) is 0 Å². The second-order valence-corrected chi connectivity index (χ2v) is 4.58. The zero-order valence-corrected chi connectivity index (χ0v) is 10.8. The minimum Gasteiger partial charge on any atom is -0.326 e. The van der Waals surface area contributed by atoms with E-state index in [0.29, 0.717) is 6.04 Å². The Balaban J connectivity index is 0.00000112. The van der Waals surface area contributed by atoms with Crippen molar-refractivity contribution in [3.8, 4) is 0 Å². The van der Waals surface area contributed by atoms with Gasteiger partial charge in [0.25, 0.3) is 0 Å². The van der Waals surface area contributed by atoms with Crippen LogP contribution in [0, 0.1) is 0 Å². The molecule has 0 saturated carbocycles. The van der Waals surface area contributed by atoms with E-state index in [2.05, 4.69) is 37.9 Å². The van der Waals surface area contributed by atoms with E-state index in [4.69, 9.17) is 5.73 Å². The third-order valence-electron chi connectivity index (χ3n) is 2.51. The van der Waals surface area contributed by atoms with Crippen molar-refractivity contribution in [1.29, 1.82) is 0 Å². The summed E-state index contributed by atoms with van der Waals surface area (Å²) in [5, 5.41) is 0. The summed E-state index contributed by atoms with van der Waals surface area (Å²) in [6.45, 7) is 3.11. The van der Waals surface area contributed by atoms with Gasteiger partial charge < -0.3 is 5.73 Å². The van der Waals surface area contributed by atoms with Crippen LogP contribution in [0.5, 0.6) is 0 Å². The molecular formula is C10H15BrClN3. The minimum atomic E-state index is 0. The Morgan fingerprint density at radius 3 is 3.00 bits per heavy atom. The summed E-state index contributed by atoms with van der Waals surface area (Å²) < 4.78 is 0.901. The fourth-order valence-electron chi connectivity index (χ4n) is 1.81. The van der Waals surface area contributed by atoms with Gasteiger partial charge in [-0.05, 0) is 40.0 Å². The van der Waals surface area contributed by atoms with Crippen molar-refractivity contribution in [3.05, 3.63) is 28.5 Å². The molecule has 0 aliphatic carbocycles. The van der Waals surface area contributed by atoms with Crippen molar-refractivity contribution in [2.24, 2.45) is 5.73 Å². The molecule has 84 valence electrons. The average molecular weight is 293 g/mol. The van der Waals surface area contributed by atoms with E-state index >= 15 is 0 Å². The molecule has 0 aromatic carbocycles. The number of aromatic nitrogens is 1. The van der Waals surface area contributed by atoms with Crippen LogP contribution in [0.3, 0.4) is 0 Å². The Labute approximate surface area is 105 Å². The highest BCUT2D eigenvalue weighted by Gasteiger charge is 2.18. The number of nitrogens with two attached hydrogens (primary N) is 1.